The van der Waals surface area contributed by atoms with Crippen molar-refractivity contribution in [3.8, 4) is 0 Å². The lowest BCUT2D eigenvalue weighted by atomic mass is 9.68. The van der Waals surface area contributed by atoms with Crippen LogP contribution in [0.25, 0.3) is 0 Å². The predicted molar refractivity (Wildman–Crippen MR) is 65.4 cm³/mol. The third-order valence-corrected chi connectivity index (χ3v) is 3.36. The van der Waals surface area contributed by atoms with E-state index >= 15 is 0 Å². The first-order valence-corrected chi connectivity index (χ1v) is 6.26. The van der Waals surface area contributed by atoms with Gasteiger partial charge in [-0.1, -0.05) is 27.7 Å². The number of carboxylic acid groups (broad SMARTS) is 1. The van der Waals surface area contributed by atoms with Crippen LogP contribution in [0.3, 0.4) is 0 Å². The number of hydrogen-bond donors (Lipinski definition) is 2. The van der Waals surface area contributed by atoms with E-state index in [1.54, 1.807) is 0 Å². The highest BCUT2D eigenvalue weighted by atomic mass is 16.4. The van der Waals surface area contributed by atoms with E-state index in [0.29, 0.717) is 23.9 Å². The van der Waals surface area contributed by atoms with Crippen molar-refractivity contribution in [1.82, 2.24) is 5.32 Å². The van der Waals surface area contributed by atoms with Gasteiger partial charge < -0.3 is 10.4 Å². The van der Waals surface area contributed by atoms with Crippen LogP contribution in [-0.4, -0.2) is 23.7 Å². The summed E-state index contributed by atoms with van der Waals surface area (Å²) < 4.78 is 0. The monoisotopic (exact) mass is 227 g/mol. The first-order valence-electron chi connectivity index (χ1n) is 6.26. The van der Waals surface area contributed by atoms with Gasteiger partial charge in [0.15, 0.2) is 0 Å². The van der Waals surface area contributed by atoms with Gasteiger partial charge in [-0.2, -0.15) is 0 Å². The van der Waals surface area contributed by atoms with Gasteiger partial charge in [-0.15, -0.1) is 0 Å². The van der Waals surface area contributed by atoms with Crippen LogP contribution in [0.5, 0.6) is 0 Å². The molecule has 1 aliphatic rings. The standard InChI is InChI=1S/C13H25NO2/c1-9(2)5-10(12(15)16)8-14-11-6-13(3,4)7-11/h9-11,14H,5-8H2,1-4H3,(H,15,16). The molecule has 0 spiro atoms. The Morgan fingerprint density at radius 3 is 2.38 bits per heavy atom. The van der Waals surface area contributed by atoms with Gasteiger partial charge >= 0.3 is 5.97 Å². The fourth-order valence-corrected chi connectivity index (χ4v) is 2.57. The van der Waals surface area contributed by atoms with Gasteiger partial charge in [0.1, 0.15) is 0 Å². The van der Waals surface area contributed by atoms with Crippen molar-refractivity contribution in [3.05, 3.63) is 0 Å². The highest BCUT2D eigenvalue weighted by Crippen LogP contribution is 2.39. The Labute approximate surface area is 98.6 Å². The molecule has 0 heterocycles. The molecule has 0 radical (unpaired) electrons. The molecule has 1 rings (SSSR count). The summed E-state index contributed by atoms with van der Waals surface area (Å²) in [6.07, 6.45) is 3.10. The molecule has 0 bridgehead atoms. The van der Waals surface area contributed by atoms with E-state index in [2.05, 4.69) is 33.0 Å². The molecular weight excluding hydrogens is 202 g/mol. The maximum Gasteiger partial charge on any atom is 0.307 e. The summed E-state index contributed by atoms with van der Waals surface area (Å²) in [5.41, 5.74) is 0.453. The fourth-order valence-electron chi connectivity index (χ4n) is 2.57. The average molecular weight is 227 g/mol. The summed E-state index contributed by atoms with van der Waals surface area (Å²) in [4.78, 5) is 11.0. The molecule has 3 heteroatoms. The Kier molecular flexibility index (Phi) is 4.36. The summed E-state index contributed by atoms with van der Waals surface area (Å²) in [5.74, 6) is -0.454. The number of hydrogen-bond acceptors (Lipinski definition) is 2. The Hall–Kier alpha value is -0.570. The van der Waals surface area contributed by atoms with Crippen molar-refractivity contribution in [2.75, 3.05) is 6.54 Å². The van der Waals surface area contributed by atoms with E-state index in [1.807, 2.05) is 0 Å². The third kappa shape index (κ3) is 4.12. The number of nitrogens with one attached hydrogen (secondary N) is 1. The highest BCUT2D eigenvalue weighted by molar-refractivity contribution is 5.70. The van der Waals surface area contributed by atoms with Gasteiger partial charge in [0, 0.05) is 12.6 Å². The van der Waals surface area contributed by atoms with Crippen molar-refractivity contribution in [1.29, 1.82) is 0 Å². The largest absolute Gasteiger partial charge is 0.481 e. The number of carbonyl (C=O) groups is 1. The van der Waals surface area contributed by atoms with Gasteiger partial charge in [0.25, 0.3) is 0 Å². The minimum absolute atomic E-state index is 0.233. The molecule has 0 aromatic rings. The average Bonchev–Trinajstić information content (AvgIpc) is 2.07. The van der Waals surface area contributed by atoms with Gasteiger partial charge in [0.2, 0.25) is 0 Å². The molecule has 0 aromatic carbocycles. The molecule has 1 fully saturated rings. The second-order valence-electron chi connectivity index (χ2n) is 6.34. The van der Waals surface area contributed by atoms with Crippen LogP contribution in [0.15, 0.2) is 0 Å². The van der Waals surface area contributed by atoms with Crippen LogP contribution in [0, 0.1) is 17.3 Å². The van der Waals surface area contributed by atoms with Crippen LogP contribution >= 0.6 is 0 Å². The molecule has 1 unspecified atom stereocenters. The predicted octanol–water partition coefficient (Wildman–Crippen LogP) is 2.51. The molecular formula is C13H25NO2. The maximum absolute atomic E-state index is 11.0. The normalized spacial score (nSPS) is 21.8. The van der Waals surface area contributed by atoms with E-state index in [9.17, 15) is 4.79 Å². The summed E-state index contributed by atoms with van der Waals surface area (Å²) in [6, 6.07) is 0.531. The van der Waals surface area contributed by atoms with Crippen LogP contribution in [-0.2, 0) is 4.79 Å². The van der Waals surface area contributed by atoms with Crippen LogP contribution in [0.4, 0.5) is 0 Å². The van der Waals surface area contributed by atoms with E-state index in [1.165, 1.54) is 12.8 Å². The zero-order valence-electron chi connectivity index (χ0n) is 10.9. The highest BCUT2D eigenvalue weighted by Gasteiger charge is 2.36. The van der Waals surface area contributed by atoms with Gasteiger partial charge in [-0.05, 0) is 30.6 Å². The van der Waals surface area contributed by atoms with Crippen molar-refractivity contribution >= 4 is 5.97 Å². The Morgan fingerprint density at radius 2 is 2.00 bits per heavy atom. The molecule has 0 saturated heterocycles. The molecule has 0 aliphatic heterocycles. The topological polar surface area (TPSA) is 49.3 Å². The van der Waals surface area contributed by atoms with Crippen molar-refractivity contribution in [2.45, 2.75) is 53.0 Å². The Balaban J connectivity index is 2.26. The summed E-state index contributed by atoms with van der Waals surface area (Å²) in [6.45, 7) is 9.28. The molecule has 94 valence electrons. The molecule has 1 aliphatic carbocycles. The fraction of sp³-hybridized carbons (Fsp3) is 0.923. The SMILES string of the molecule is CC(C)CC(CNC1CC(C)(C)C1)C(=O)O. The van der Waals surface area contributed by atoms with Crippen LogP contribution in [0.2, 0.25) is 0 Å². The molecule has 3 nitrogen and oxygen atoms in total. The third-order valence-electron chi connectivity index (χ3n) is 3.36. The van der Waals surface area contributed by atoms with Crippen molar-refractivity contribution in [3.63, 3.8) is 0 Å². The van der Waals surface area contributed by atoms with Crippen molar-refractivity contribution < 1.29 is 9.90 Å². The lowest BCUT2D eigenvalue weighted by molar-refractivity contribution is -0.142. The minimum atomic E-state index is -0.667. The number of aliphatic carboxylic acids is 1. The smallest absolute Gasteiger partial charge is 0.307 e. The molecule has 0 amide bonds. The second-order valence-corrected chi connectivity index (χ2v) is 6.34. The number of carboxylic acids is 1. The van der Waals surface area contributed by atoms with Gasteiger partial charge in [-0.3, -0.25) is 4.79 Å². The quantitative estimate of drug-likeness (QED) is 0.733. The van der Waals surface area contributed by atoms with Crippen LogP contribution < -0.4 is 5.32 Å². The second kappa shape index (κ2) is 5.17. The van der Waals surface area contributed by atoms with Crippen LogP contribution in [0.1, 0.15) is 47.0 Å². The van der Waals surface area contributed by atoms with E-state index < -0.39 is 5.97 Å². The molecule has 1 saturated carbocycles. The zero-order valence-corrected chi connectivity index (χ0v) is 10.9. The zero-order chi connectivity index (χ0) is 12.3. The maximum atomic E-state index is 11.0. The summed E-state index contributed by atoms with van der Waals surface area (Å²) in [5, 5.41) is 12.5. The Morgan fingerprint density at radius 1 is 1.44 bits per heavy atom. The minimum Gasteiger partial charge on any atom is -0.481 e. The molecule has 2 N–H and O–H groups in total. The number of rotatable bonds is 6. The molecule has 0 aromatic heterocycles. The van der Waals surface area contributed by atoms with Crippen molar-refractivity contribution in [2.24, 2.45) is 17.3 Å². The lowest BCUT2D eigenvalue weighted by Crippen LogP contribution is -2.48. The van der Waals surface area contributed by atoms with Gasteiger partial charge in [-0.25, -0.2) is 0 Å². The lowest BCUT2D eigenvalue weighted by Gasteiger charge is -2.43. The van der Waals surface area contributed by atoms with E-state index in [4.69, 9.17) is 5.11 Å². The van der Waals surface area contributed by atoms with E-state index in [-0.39, 0.29) is 5.92 Å². The Bertz CT molecular complexity index is 240. The van der Waals surface area contributed by atoms with E-state index in [0.717, 1.165) is 6.42 Å². The molecule has 1 atom stereocenters. The van der Waals surface area contributed by atoms with Gasteiger partial charge in [0.05, 0.1) is 5.92 Å². The summed E-state index contributed by atoms with van der Waals surface area (Å²) in [7, 11) is 0. The summed E-state index contributed by atoms with van der Waals surface area (Å²) >= 11 is 0. The first kappa shape index (κ1) is 13.5. The first-order chi connectivity index (χ1) is 7.30. The molecule has 16 heavy (non-hydrogen) atoms.